The molecule has 3 nitrogen and oxygen atoms in total. The van der Waals surface area contributed by atoms with Crippen molar-refractivity contribution in [2.24, 2.45) is 34.5 Å². The molecule has 0 radical (unpaired) electrons. The molecular formula is C19H26O3. The molecule has 0 saturated heterocycles. The Kier molecular flexibility index (Phi) is 3.01. The molecule has 1 N–H and O–H groups in total. The zero-order valence-corrected chi connectivity index (χ0v) is 13.5. The van der Waals surface area contributed by atoms with Crippen molar-refractivity contribution in [3.8, 4) is 0 Å². The predicted octanol–water partition coefficient (Wildman–Crippen LogP) is 2.91. The maximum absolute atomic E-state index is 12.4. The molecule has 0 amide bonds. The highest BCUT2D eigenvalue weighted by Crippen LogP contribution is 2.64. The van der Waals surface area contributed by atoms with Gasteiger partial charge < -0.3 is 5.11 Å². The summed E-state index contributed by atoms with van der Waals surface area (Å²) in [5.41, 5.74) is -0.235. The number of rotatable bonds is 0. The van der Waals surface area contributed by atoms with Gasteiger partial charge in [-0.2, -0.15) is 0 Å². The Morgan fingerprint density at radius 1 is 1.14 bits per heavy atom. The minimum atomic E-state index is -0.404. The zero-order valence-electron chi connectivity index (χ0n) is 13.5. The summed E-state index contributed by atoms with van der Waals surface area (Å²) in [6.07, 6.45) is 8.43. The first-order valence-electron chi connectivity index (χ1n) is 8.80. The van der Waals surface area contributed by atoms with Crippen molar-refractivity contribution in [2.75, 3.05) is 0 Å². The molecule has 4 rings (SSSR count). The molecule has 3 heteroatoms. The molecule has 4 aliphatic carbocycles. The molecule has 3 fully saturated rings. The van der Waals surface area contributed by atoms with E-state index in [4.69, 9.17) is 0 Å². The van der Waals surface area contributed by atoms with E-state index in [0.717, 1.165) is 32.1 Å². The molecule has 0 heterocycles. The quantitative estimate of drug-likeness (QED) is 0.748. The molecule has 0 spiro atoms. The first kappa shape index (κ1) is 14.6. The number of aliphatic hydroxyl groups excluding tert-OH is 1. The second-order valence-corrected chi connectivity index (χ2v) is 8.57. The van der Waals surface area contributed by atoms with Gasteiger partial charge in [0, 0.05) is 24.2 Å². The fraction of sp³-hybridized carbons (Fsp3) is 0.789. The van der Waals surface area contributed by atoms with Crippen LogP contribution in [-0.4, -0.2) is 22.8 Å². The van der Waals surface area contributed by atoms with E-state index in [1.807, 2.05) is 0 Å². The summed E-state index contributed by atoms with van der Waals surface area (Å²) in [6, 6.07) is 0. The molecule has 0 aromatic heterocycles. The van der Waals surface area contributed by atoms with Crippen LogP contribution in [0.1, 0.15) is 52.4 Å². The van der Waals surface area contributed by atoms with Crippen molar-refractivity contribution in [1.82, 2.24) is 0 Å². The minimum Gasteiger partial charge on any atom is -0.393 e. The standard InChI is InChI=1S/C19H26O3/c1-18-7-5-11(20)9-15(18)16(21)10-12-13-3-4-17(22)19(13,2)8-6-14(12)18/h5,7,12-16,21H,3-4,6,8-10H2,1-2H3/t12-,13-,14+,15?,16?,18+,19-/m0/s1. The van der Waals surface area contributed by atoms with Crippen molar-refractivity contribution >= 4 is 11.6 Å². The molecule has 0 aliphatic heterocycles. The van der Waals surface area contributed by atoms with Gasteiger partial charge in [0.2, 0.25) is 0 Å². The van der Waals surface area contributed by atoms with Crippen LogP contribution in [0.5, 0.6) is 0 Å². The van der Waals surface area contributed by atoms with Gasteiger partial charge in [-0.15, -0.1) is 0 Å². The molecule has 2 unspecified atom stereocenters. The normalized spacial score (nSPS) is 53.9. The van der Waals surface area contributed by atoms with Crippen molar-refractivity contribution in [3.05, 3.63) is 12.2 Å². The van der Waals surface area contributed by atoms with Crippen LogP contribution in [0.2, 0.25) is 0 Å². The van der Waals surface area contributed by atoms with E-state index >= 15 is 0 Å². The number of Topliss-reactive ketones (excluding diaryl/α,β-unsaturated/α-hetero) is 1. The second kappa shape index (κ2) is 4.53. The lowest BCUT2D eigenvalue weighted by Gasteiger charge is -2.59. The maximum atomic E-state index is 12.4. The van der Waals surface area contributed by atoms with Crippen molar-refractivity contribution < 1.29 is 14.7 Å². The topological polar surface area (TPSA) is 54.4 Å². The number of hydrogen-bond acceptors (Lipinski definition) is 3. The Morgan fingerprint density at radius 3 is 2.68 bits per heavy atom. The number of hydrogen-bond donors (Lipinski definition) is 1. The molecule has 3 saturated carbocycles. The average molecular weight is 302 g/mol. The summed E-state index contributed by atoms with van der Waals surface area (Å²) in [5, 5.41) is 10.7. The highest BCUT2D eigenvalue weighted by Gasteiger charge is 2.61. The summed E-state index contributed by atoms with van der Waals surface area (Å²) >= 11 is 0. The Morgan fingerprint density at radius 2 is 1.91 bits per heavy atom. The van der Waals surface area contributed by atoms with Crippen molar-refractivity contribution in [2.45, 2.75) is 58.5 Å². The molecule has 120 valence electrons. The largest absolute Gasteiger partial charge is 0.393 e. The second-order valence-electron chi connectivity index (χ2n) is 8.57. The highest BCUT2D eigenvalue weighted by atomic mass is 16.3. The van der Waals surface area contributed by atoms with Gasteiger partial charge in [-0.25, -0.2) is 0 Å². The van der Waals surface area contributed by atoms with Crippen LogP contribution >= 0.6 is 0 Å². The first-order chi connectivity index (χ1) is 10.4. The molecule has 0 aromatic rings. The Labute approximate surface area is 132 Å². The van der Waals surface area contributed by atoms with E-state index in [1.54, 1.807) is 6.08 Å². The fourth-order valence-electron chi connectivity index (χ4n) is 6.45. The van der Waals surface area contributed by atoms with Crippen LogP contribution in [-0.2, 0) is 9.59 Å². The number of ketones is 2. The van der Waals surface area contributed by atoms with Gasteiger partial charge >= 0.3 is 0 Å². The number of carbonyl (C=O) groups is 2. The first-order valence-corrected chi connectivity index (χ1v) is 8.80. The Balaban J connectivity index is 1.73. The van der Waals surface area contributed by atoms with Crippen LogP contribution in [0.3, 0.4) is 0 Å². The molecule has 4 aliphatic rings. The van der Waals surface area contributed by atoms with Gasteiger partial charge in [0.1, 0.15) is 5.78 Å². The molecule has 0 aromatic carbocycles. The number of fused-ring (bicyclic) bond motifs is 5. The summed E-state index contributed by atoms with van der Waals surface area (Å²) in [6.45, 7) is 4.39. The van der Waals surface area contributed by atoms with Gasteiger partial charge in [0.25, 0.3) is 0 Å². The summed E-state index contributed by atoms with van der Waals surface area (Å²) < 4.78 is 0. The third kappa shape index (κ3) is 1.72. The van der Waals surface area contributed by atoms with Gasteiger partial charge in [0.05, 0.1) is 6.10 Å². The molecule has 22 heavy (non-hydrogen) atoms. The zero-order chi connectivity index (χ0) is 15.7. The maximum Gasteiger partial charge on any atom is 0.155 e. The van der Waals surface area contributed by atoms with E-state index in [-0.39, 0.29) is 22.5 Å². The smallest absolute Gasteiger partial charge is 0.155 e. The lowest BCUT2D eigenvalue weighted by atomic mass is 9.46. The van der Waals surface area contributed by atoms with Crippen LogP contribution in [0.15, 0.2) is 12.2 Å². The van der Waals surface area contributed by atoms with Gasteiger partial charge in [-0.05, 0) is 54.9 Å². The van der Waals surface area contributed by atoms with Crippen LogP contribution in [0.25, 0.3) is 0 Å². The highest BCUT2D eigenvalue weighted by molar-refractivity contribution is 5.91. The van der Waals surface area contributed by atoms with E-state index in [0.29, 0.717) is 30.0 Å². The van der Waals surface area contributed by atoms with Crippen LogP contribution in [0, 0.1) is 34.5 Å². The van der Waals surface area contributed by atoms with Gasteiger partial charge in [0.15, 0.2) is 5.78 Å². The third-order valence-electron chi connectivity index (χ3n) is 7.77. The van der Waals surface area contributed by atoms with Gasteiger partial charge in [-0.1, -0.05) is 19.9 Å². The number of carbonyl (C=O) groups excluding carboxylic acids is 2. The number of allylic oxidation sites excluding steroid dienone is 2. The Bertz CT molecular complexity index is 565. The summed E-state index contributed by atoms with van der Waals surface area (Å²) in [5.74, 6) is 2.02. The Hall–Kier alpha value is -0.960. The predicted molar refractivity (Wildman–Crippen MR) is 83.0 cm³/mol. The molecular weight excluding hydrogens is 276 g/mol. The monoisotopic (exact) mass is 302 g/mol. The van der Waals surface area contributed by atoms with Crippen molar-refractivity contribution in [3.63, 3.8) is 0 Å². The average Bonchev–Trinajstić information content (AvgIpc) is 2.77. The van der Waals surface area contributed by atoms with Gasteiger partial charge in [-0.3, -0.25) is 9.59 Å². The summed E-state index contributed by atoms with van der Waals surface area (Å²) in [4.78, 5) is 24.2. The van der Waals surface area contributed by atoms with Crippen molar-refractivity contribution in [1.29, 1.82) is 0 Å². The lowest BCUT2D eigenvalue weighted by Crippen LogP contribution is -2.56. The van der Waals surface area contributed by atoms with E-state index in [1.165, 1.54) is 0 Å². The van der Waals surface area contributed by atoms with Crippen LogP contribution < -0.4 is 0 Å². The minimum absolute atomic E-state index is 0.0627. The van der Waals surface area contributed by atoms with E-state index in [9.17, 15) is 14.7 Å². The van der Waals surface area contributed by atoms with E-state index < -0.39 is 6.10 Å². The SMILES string of the molecule is C[C@]12C=CC(=O)CC1C(O)C[C@@H]1[C@H]2CC[C@]2(C)C(=O)CC[C@@H]12. The molecule has 7 atom stereocenters. The molecule has 0 bridgehead atoms. The van der Waals surface area contributed by atoms with Crippen LogP contribution in [0.4, 0.5) is 0 Å². The van der Waals surface area contributed by atoms with E-state index in [2.05, 4.69) is 19.9 Å². The lowest BCUT2D eigenvalue weighted by molar-refractivity contribution is -0.146. The fourth-order valence-corrected chi connectivity index (χ4v) is 6.45. The summed E-state index contributed by atoms with van der Waals surface area (Å²) in [7, 11) is 0. The third-order valence-corrected chi connectivity index (χ3v) is 7.77. The number of aliphatic hydroxyl groups is 1.